The largest absolute Gasteiger partial charge is 0.481 e. The Morgan fingerprint density at radius 3 is 2.14 bits per heavy atom. The second kappa shape index (κ2) is 7.37. The Bertz CT molecular complexity index is 997. The molecule has 0 aromatic carbocycles. The Hall–Kier alpha value is -0.950. The summed E-state index contributed by atoms with van der Waals surface area (Å²) in [6.45, 7) is 15.0. The summed E-state index contributed by atoms with van der Waals surface area (Å²) in [5.74, 6) is -5.50. The molecule has 0 saturated heterocycles. The molecule has 0 heterocycles. The summed E-state index contributed by atoms with van der Waals surface area (Å²) < 4.78 is 0. The molecule has 0 aliphatic heterocycles. The molecule has 6 heteroatoms. The van der Waals surface area contributed by atoms with Gasteiger partial charge in [-0.05, 0) is 90.8 Å². The highest BCUT2D eigenvalue weighted by atomic mass is 16.6. The lowest BCUT2D eigenvalue weighted by molar-refractivity contribution is -0.455. The van der Waals surface area contributed by atoms with E-state index in [4.69, 9.17) is 0 Å². The Balaban J connectivity index is 1.68. The minimum Gasteiger partial charge on any atom is -0.481 e. The van der Waals surface area contributed by atoms with Crippen LogP contribution in [0.25, 0.3) is 0 Å². The van der Waals surface area contributed by atoms with E-state index in [0.717, 1.165) is 25.7 Å². The third-order valence-corrected chi connectivity index (χ3v) is 13.5. The molecule has 4 fully saturated rings. The van der Waals surface area contributed by atoms with Crippen LogP contribution >= 0.6 is 0 Å². The third-order valence-electron chi connectivity index (χ3n) is 13.5. The summed E-state index contributed by atoms with van der Waals surface area (Å²) in [4.78, 5) is 12.8. The van der Waals surface area contributed by atoms with E-state index in [-0.39, 0.29) is 40.9 Å². The van der Waals surface area contributed by atoms with Gasteiger partial charge in [-0.3, -0.25) is 4.79 Å². The van der Waals surface area contributed by atoms with Gasteiger partial charge in [-0.1, -0.05) is 60.1 Å². The molecule has 5 aliphatic carbocycles. The maximum atomic E-state index is 12.8. The van der Waals surface area contributed by atoms with Crippen LogP contribution in [-0.4, -0.2) is 43.1 Å². The van der Waals surface area contributed by atoms with Crippen molar-refractivity contribution in [3.05, 3.63) is 11.6 Å². The standard InChI is InChI=1S/C30H48O6/c1-17-10-13-28(23(31)32)15-14-25(5)19(22(28)18(17)2)8-9-21-26(25,6)12-11-20-24(3,4)16-29(33,34)30(35,36)27(20,21)7/h8,17-18,20-22,33-36H,9-16H2,1-7H3,(H,31,32)/t17-,18+,20+,21+,22+,25-,26-,27+,28+/m1/s1. The fraction of sp³-hybridized carbons (Fsp3) is 0.900. The van der Waals surface area contributed by atoms with Crippen LogP contribution in [0.3, 0.4) is 0 Å². The zero-order chi connectivity index (χ0) is 26.9. The molecule has 204 valence electrons. The minimum absolute atomic E-state index is 0.0219. The number of allylic oxidation sites excluding steroid dienone is 2. The number of aliphatic carboxylic acids is 1. The van der Waals surface area contributed by atoms with Gasteiger partial charge in [0.2, 0.25) is 11.6 Å². The zero-order valence-electron chi connectivity index (χ0n) is 23.3. The minimum atomic E-state index is -2.65. The van der Waals surface area contributed by atoms with Gasteiger partial charge in [-0.15, -0.1) is 0 Å². The quantitative estimate of drug-likeness (QED) is 0.261. The Kier molecular flexibility index (Phi) is 5.45. The van der Waals surface area contributed by atoms with Gasteiger partial charge in [0.15, 0.2) is 0 Å². The number of carboxylic acid groups (broad SMARTS) is 1. The maximum absolute atomic E-state index is 12.8. The van der Waals surface area contributed by atoms with Gasteiger partial charge in [-0.2, -0.15) is 0 Å². The molecule has 0 bridgehead atoms. The van der Waals surface area contributed by atoms with Crippen LogP contribution in [0.1, 0.15) is 99.8 Å². The fourth-order valence-corrected chi connectivity index (χ4v) is 11.1. The molecule has 6 nitrogen and oxygen atoms in total. The van der Waals surface area contributed by atoms with Crippen molar-refractivity contribution < 1.29 is 30.3 Å². The molecule has 0 spiro atoms. The number of fused-ring (bicyclic) bond motifs is 7. The lowest BCUT2D eigenvalue weighted by Crippen LogP contribution is -2.77. The van der Waals surface area contributed by atoms with Gasteiger partial charge >= 0.3 is 5.97 Å². The molecule has 0 aromatic rings. The summed E-state index contributed by atoms with van der Waals surface area (Å²) in [7, 11) is 0. The van der Waals surface area contributed by atoms with Gasteiger partial charge in [0.25, 0.3) is 0 Å². The van der Waals surface area contributed by atoms with Crippen LogP contribution in [0, 0.1) is 56.7 Å². The monoisotopic (exact) mass is 504 g/mol. The molecule has 5 rings (SSSR count). The summed E-state index contributed by atoms with van der Waals surface area (Å²) in [6, 6.07) is 0. The molecule has 5 aliphatic rings. The van der Waals surface area contributed by atoms with Crippen molar-refractivity contribution in [2.24, 2.45) is 56.7 Å². The Morgan fingerprint density at radius 2 is 1.53 bits per heavy atom. The highest BCUT2D eigenvalue weighted by Crippen LogP contribution is 2.77. The summed E-state index contributed by atoms with van der Waals surface area (Å²) in [5, 5.41) is 55.6. The first kappa shape index (κ1) is 26.6. The second-order valence-corrected chi connectivity index (χ2v) is 15.0. The maximum Gasteiger partial charge on any atom is 0.310 e. The van der Waals surface area contributed by atoms with Gasteiger partial charge in [-0.25, -0.2) is 0 Å². The molecule has 0 unspecified atom stereocenters. The number of hydrogen-bond acceptors (Lipinski definition) is 5. The van der Waals surface area contributed by atoms with Crippen molar-refractivity contribution in [3.8, 4) is 0 Å². The topological polar surface area (TPSA) is 118 Å². The fourth-order valence-electron chi connectivity index (χ4n) is 11.1. The predicted molar refractivity (Wildman–Crippen MR) is 136 cm³/mol. The van der Waals surface area contributed by atoms with Crippen molar-refractivity contribution >= 4 is 5.97 Å². The van der Waals surface area contributed by atoms with E-state index in [1.54, 1.807) is 0 Å². The van der Waals surface area contributed by atoms with E-state index in [1.807, 2.05) is 20.8 Å². The second-order valence-electron chi connectivity index (χ2n) is 15.0. The predicted octanol–water partition coefficient (Wildman–Crippen LogP) is 4.70. The van der Waals surface area contributed by atoms with E-state index in [2.05, 4.69) is 33.8 Å². The number of carboxylic acids is 1. The molecule has 0 aromatic heterocycles. The highest BCUT2D eigenvalue weighted by Gasteiger charge is 2.77. The van der Waals surface area contributed by atoms with E-state index in [9.17, 15) is 30.3 Å². The molecular weight excluding hydrogens is 456 g/mol. The number of aliphatic hydroxyl groups is 4. The van der Waals surface area contributed by atoms with Crippen molar-refractivity contribution in [2.75, 3.05) is 0 Å². The van der Waals surface area contributed by atoms with Crippen molar-refractivity contribution in [1.82, 2.24) is 0 Å². The van der Waals surface area contributed by atoms with Crippen LogP contribution in [0.4, 0.5) is 0 Å². The van der Waals surface area contributed by atoms with Gasteiger partial charge in [0.05, 0.1) is 5.41 Å². The molecule has 5 N–H and O–H groups in total. The zero-order valence-corrected chi connectivity index (χ0v) is 23.3. The highest BCUT2D eigenvalue weighted by molar-refractivity contribution is 5.76. The average molecular weight is 505 g/mol. The van der Waals surface area contributed by atoms with Gasteiger partial charge in [0.1, 0.15) is 0 Å². The number of rotatable bonds is 1. The molecule has 0 amide bonds. The van der Waals surface area contributed by atoms with E-state index >= 15 is 0 Å². The first-order valence-corrected chi connectivity index (χ1v) is 14.2. The summed E-state index contributed by atoms with van der Waals surface area (Å²) in [5.41, 5.74) is -1.68. The molecule has 0 radical (unpaired) electrons. The van der Waals surface area contributed by atoms with Crippen LogP contribution < -0.4 is 0 Å². The summed E-state index contributed by atoms with van der Waals surface area (Å²) in [6.07, 6.45) is 7.50. The van der Waals surface area contributed by atoms with Crippen molar-refractivity contribution in [3.63, 3.8) is 0 Å². The van der Waals surface area contributed by atoms with Crippen molar-refractivity contribution in [2.45, 2.75) is 111 Å². The van der Waals surface area contributed by atoms with Gasteiger partial charge < -0.3 is 25.5 Å². The molecule has 9 atom stereocenters. The molecule has 36 heavy (non-hydrogen) atoms. The number of hydrogen-bond donors (Lipinski definition) is 5. The first-order valence-electron chi connectivity index (χ1n) is 14.2. The van der Waals surface area contributed by atoms with Crippen LogP contribution in [0.5, 0.6) is 0 Å². The normalized spacial score (nSPS) is 52.6. The lowest BCUT2D eigenvalue weighted by atomic mass is 9.32. The molecule has 4 saturated carbocycles. The smallest absolute Gasteiger partial charge is 0.310 e. The molecular formula is C30H48O6. The van der Waals surface area contributed by atoms with Crippen molar-refractivity contribution in [1.29, 1.82) is 0 Å². The Morgan fingerprint density at radius 1 is 0.889 bits per heavy atom. The van der Waals surface area contributed by atoms with E-state index < -0.39 is 33.8 Å². The third kappa shape index (κ3) is 2.80. The van der Waals surface area contributed by atoms with Gasteiger partial charge in [0, 0.05) is 11.8 Å². The van der Waals surface area contributed by atoms with Crippen LogP contribution in [-0.2, 0) is 4.79 Å². The van der Waals surface area contributed by atoms with Crippen LogP contribution in [0.15, 0.2) is 11.6 Å². The van der Waals surface area contributed by atoms with Crippen LogP contribution in [0.2, 0.25) is 0 Å². The average Bonchev–Trinajstić information content (AvgIpc) is 2.74. The SMILES string of the molecule is C[C@H]1[C@H](C)CC[C@]2(C(=O)O)CC[C@]3(C)C(=CC[C@@H]4[C@]5(C)[C@@H](CC[C@]43C)C(C)(C)CC(O)(O)C5(O)O)[C@H]12. The number of carbonyl (C=O) groups is 1. The summed E-state index contributed by atoms with van der Waals surface area (Å²) >= 11 is 0. The lowest BCUT2D eigenvalue weighted by Gasteiger charge is -2.73. The first-order chi connectivity index (χ1) is 16.3. The Labute approximate surface area is 216 Å². The van der Waals surface area contributed by atoms with E-state index in [0.29, 0.717) is 25.2 Å². The van der Waals surface area contributed by atoms with E-state index in [1.165, 1.54) is 5.57 Å².